The molecule has 1 aromatic carbocycles. The fourth-order valence-electron chi connectivity index (χ4n) is 2.73. The summed E-state index contributed by atoms with van der Waals surface area (Å²) in [5.74, 6) is -3.16. The molecule has 4 nitrogen and oxygen atoms in total. The van der Waals surface area contributed by atoms with Crippen molar-refractivity contribution in [2.45, 2.75) is 44.4 Å². The van der Waals surface area contributed by atoms with Crippen LogP contribution in [0, 0.1) is 17.6 Å². The van der Waals surface area contributed by atoms with Crippen LogP contribution in [0.2, 0.25) is 0 Å². The van der Waals surface area contributed by atoms with E-state index >= 15 is 0 Å². The molecular formula is C17H21F2NO3. The first-order valence-electron chi connectivity index (χ1n) is 7.94. The standard InChI is InChI=1S/C17H21F2NO3/c18-14-7-5-6-11(16(14)19)12-10-13(12)17(23)20-9-4-2-1-3-8-15(21)22/h5-7,12-13H,1-4,8-10H2,(H,20,23)(H,21,22). The highest BCUT2D eigenvalue weighted by atomic mass is 19.2. The van der Waals surface area contributed by atoms with Gasteiger partial charge in [0.25, 0.3) is 0 Å². The fourth-order valence-corrected chi connectivity index (χ4v) is 2.73. The van der Waals surface area contributed by atoms with Gasteiger partial charge in [-0.1, -0.05) is 25.0 Å². The van der Waals surface area contributed by atoms with Gasteiger partial charge in [0.05, 0.1) is 0 Å². The average Bonchev–Trinajstić information content (AvgIpc) is 3.29. The zero-order chi connectivity index (χ0) is 16.8. The largest absolute Gasteiger partial charge is 0.481 e. The molecule has 1 aliphatic rings. The Morgan fingerprint density at radius 2 is 1.91 bits per heavy atom. The normalized spacial score (nSPS) is 19.4. The molecule has 0 saturated heterocycles. The maximum absolute atomic E-state index is 13.7. The lowest BCUT2D eigenvalue weighted by atomic mass is 10.1. The predicted octanol–water partition coefficient (Wildman–Crippen LogP) is 3.22. The van der Waals surface area contributed by atoms with Gasteiger partial charge < -0.3 is 10.4 Å². The molecule has 0 bridgehead atoms. The van der Waals surface area contributed by atoms with E-state index in [1.807, 2.05) is 0 Å². The van der Waals surface area contributed by atoms with Gasteiger partial charge in [-0.2, -0.15) is 0 Å². The minimum Gasteiger partial charge on any atom is -0.481 e. The van der Waals surface area contributed by atoms with Gasteiger partial charge in [0, 0.05) is 18.9 Å². The monoisotopic (exact) mass is 325 g/mol. The van der Waals surface area contributed by atoms with Crippen molar-refractivity contribution >= 4 is 11.9 Å². The summed E-state index contributed by atoms with van der Waals surface area (Å²) in [7, 11) is 0. The van der Waals surface area contributed by atoms with Gasteiger partial charge in [-0.25, -0.2) is 8.78 Å². The van der Waals surface area contributed by atoms with Crippen molar-refractivity contribution in [1.29, 1.82) is 0 Å². The van der Waals surface area contributed by atoms with Crippen molar-refractivity contribution < 1.29 is 23.5 Å². The van der Waals surface area contributed by atoms with Gasteiger partial charge in [-0.15, -0.1) is 0 Å². The number of carboxylic acid groups (broad SMARTS) is 1. The van der Waals surface area contributed by atoms with E-state index in [0.29, 0.717) is 19.4 Å². The Morgan fingerprint density at radius 1 is 1.17 bits per heavy atom. The number of benzene rings is 1. The van der Waals surface area contributed by atoms with Crippen LogP contribution >= 0.6 is 0 Å². The maximum atomic E-state index is 13.7. The van der Waals surface area contributed by atoms with Crippen LogP contribution in [-0.2, 0) is 9.59 Å². The van der Waals surface area contributed by atoms with Gasteiger partial charge in [-0.3, -0.25) is 9.59 Å². The number of aliphatic carboxylic acids is 1. The molecule has 2 N–H and O–H groups in total. The summed E-state index contributed by atoms with van der Waals surface area (Å²) in [6.45, 7) is 0.529. The van der Waals surface area contributed by atoms with Crippen LogP contribution < -0.4 is 5.32 Å². The zero-order valence-electron chi connectivity index (χ0n) is 12.9. The Morgan fingerprint density at radius 3 is 2.65 bits per heavy atom. The molecule has 2 unspecified atom stereocenters. The second-order valence-corrected chi connectivity index (χ2v) is 5.94. The summed E-state index contributed by atoms with van der Waals surface area (Å²) in [6.07, 6.45) is 3.84. The summed E-state index contributed by atoms with van der Waals surface area (Å²) >= 11 is 0. The summed E-state index contributed by atoms with van der Waals surface area (Å²) in [4.78, 5) is 22.3. The maximum Gasteiger partial charge on any atom is 0.303 e. The SMILES string of the molecule is O=C(O)CCCCCCNC(=O)C1CC1c1cccc(F)c1F. The molecule has 2 atom stereocenters. The van der Waals surface area contributed by atoms with Crippen molar-refractivity contribution in [1.82, 2.24) is 5.32 Å². The van der Waals surface area contributed by atoms with E-state index in [0.717, 1.165) is 25.3 Å². The van der Waals surface area contributed by atoms with Crippen molar-refractivity contribution in [3.63, 3.8) is 0 Å². The molecule has 0 radical (unpaired) electrons. The number of unbranched alkanes of at least 4 members (excludes halogenated alkanes) is 3. The first kappa shape index (κ1) is 17.4. The van der Waals surface area contributed by atoms with E-state index in [4.69, 9.17) is 5.11 Å². The molecule has 0 heterocycles. The van der Waals surface area contributed by atoms with E-state index < -0.39 is 17.6 Å². The molecule has 126 valence electrons. The molecule has 1 fully saturated rings. The minimum absolute atomic E-state index is 0.121. The number of amides is 1. The lowest BCUT2D eigenvalue weighted by Gasteiger charge is -2.06. The number of carboxylic acids is 1. The Labute approximate surface area is 133 Å². The molecule has 0 aliphatic heterocycles. The van der Waals surface area contributed by atoms with E-state index in [-0.39, 0.29) is 29.7 Å². The smallest absolute Gasteiger partial charge is 0.303 e. The average molecular weight is 325 g/mol. The third-order valence-electron chi connectivity index (χ3n) is 4.12. The Bertz CT molecular complexity index is 577. The van der Waals surface area contributed by atoms with Crippen LogP contribution in [0.1, 0.15) is 50.0 Å². The molecule has 0 spiro atoms. The van der Waals surface area contributed by atoms with Crippen molar-refractivity contribution in [3.05, 3.63) is 35.4 Å². The lowest BCUT2D eigenvalue weighted by Crippen LogP contribution is -2.26. The van der Waals surface area contributed by atoms with Gasteiger partial charge in [0.15, 0.2) is 11.6 Å². The molecular weight excluding hydrogens is 304 g/mol. The molecule has 6 heteroatoms. The second-order valence-electron chi connectivity index (χ2n) is 5.94. The van der Waals surface area contributed by atoms with E-state index in [9.17, 15) is 18.4 Å². The van der Waals surface area contributed by atoms with Gasteiger partial charge in [0.1, 0.15) is 0 Å². The summed E-state index contributed by atoms with van der Waals surface area (Å²) in [6, 6.07) is 4.05. The summed E-state index contributed by atoms with van der Waals surface area (Å²) in [5.41, 5.74) is 0.277. The van der Waals surface area contributed by atoms with Crippen LogP contribution in [0.25, 0.3) is 0 Å². The van der Waals surface area contributed by atoms with Crippen LogP contribution in [0.5, 0.6) is 0 Å². The van der Waals surface area contributed by atoms with Crippen LogP contribution in [0.4, 0.5) is 8.78 Å². The number of carbonyl (C=O) groups excluding carboxylic acids is 1. The van der Waals surface area contributed by atoms with E-state index in [1.165, 1.54) is 12.1 Å². The Balaban J connectivity index is 1.64. The number of nitrogens with one attached hydrogen (secondary N) is 1. The molecule has 23 heavy (non-hydrogen) atoms. The van der Waals surface area contributed by atoms with Crippen LogP contribution in [0.15, 0.2) is 18.2 Å². The third-order valence-corrected chi connectivity index (χ3v) is 4.12. The predicted molar refractivity (Wildman–Crippen MR) is 80.9 cm³/mol. The fraction of sp³-hybridized carbons (Fsp3) is 0.529. The van der Waals surface area contributed by atoms with Crippen molar-refractivity contribution in [3.8, 4) is 0 Å². The molecule has 2 rings (SSSR count). The number of halogens is 2. The highest BCUT2D eigenvalue weighted by Gasteiger charge is 2.45. The summed E-state index contributed by atoms with van der Waals surface area (Å²) in [5, 5.41) is 11.3. The lowest BCUT2D eigenvalue weighted by molar-refractivity contribution is -0.137. The number of rotatable bonds is 9. The Kier molecular flexibility index (Phi) is 6.07. The molecule has 0 aromatic heterocycles. The number of carbonyl (C=O) groups is 2. The third kappa shape index (κ3) is 5.01. The van der Waals surface area contributed by atoms with Gasteiger partial charge in [-0.05, 0) is 36.8 Å². The molecule has 1 amide bonds. The first-order chi connectivity index (χ1) is 11.0. The first-order valence-corrected chi connectivity index (χ1v) is 7.94. The molecule has 1 saturated carbocycles. The summed E-state index contributed by atoms with van der Waals surface area (Å²) < 4.78 is 26.8. The van der Waals surface area contributed by atoms with E-state index in [2.05, 4.69) is 5.32 Å². The quantitative estimate of drug-likeness (QED) is 0.685. The van der Waals surface area contributed by atoms with Gasteiger partial charge >= 0.3 is 5.97 Å². The van der Waals surface area contributed by atoms with Crippen molar-refractivity contribution in [2.24, 2.45) is 5.92 Å². The topological polar surface area (TPSA) is 66.4 Å². The van der Waals surface area contributed by atoms with E-state index in [1.54, 1.807) is 0 Å². The minimum atomic E-state index is -0.880. The highest BCUT2D eigenvalue weighted by Crippen LogP contribution is 2.48. The highest BCUT2D eigenvalue weighted by molar-refractivity contribution is 5.82. The second kappa shape index (κ2) is 8.04. The number of hydrogen-bond donors (Lipinski definition) is 2. The van der Waals surface area contributed by atoms with Crippen LogP contribution in [-0.4, -0.2) is 23.5 Å². The zero-order valence-corrected chi connectivity index (χ0v) is 12.9. The van der Waals surface area contributed by atoms with Crippen LogP contribution in [0.3, 0.4) is 0 Å². The van der Waals surface area contributed by atoms with Crippen molar-refractivity contribution in [2.75, 3.05) is 6.54 Å². The Hall–Kier alpha value is -1.98. The van der Waals surface area contributed by atoms with Gasteiger partial charge in [0.2, 0.25) is 5.91 Å². The molecule has 1 aromatic rings. The molecule has 1 aliphatic carbocycles. The number of hydrogen-bond acceptors (Lipinski definition) is 2.